The molecule has 3 atom stereocenters. The minimum atomic E-state index is -2.32. The molecule has 2 amide bonds. The standard InChI is InChI=1S/C28H33N3O8SSi/c1-16(39-41(5,6)27(2,3)4)21-24(33)30-22(25(34)35)26(38-20-13-9-18(10-14-20)23(29)32)40-28(21,30)15-17-7-11-19(12-8-17)31(36)37/h7-14,16,21H,15H2,1-6H3,(H2,29,32)(H,34,35)/t16-,21+,28-/m1/s1. The Hall–Kier alpha value is -3.68. The van der Waals surface area contributed by atoms with Crippen LogP contribution in [0.3, 0.4) is 0 Å². The van der Waals surface area contributed by atoms with Gasteiger partial charge in [-0.25, -0.2) is 4.79 Å². The number of rotatable bonds is 10. The van der Waals surface area contributed by atoms with Gasteiger partial charge in [-0.05, 0) is 54.9 Å². The number of hydrogen-bond donors (Lipinski definition) is 2. The van der Waals surface area contributed by atoms with E-state index < -0.39 is 47.9 Å². The van der Waals surface area contributed by atoms with E-state index >= 15 is 0 Å². The molecule has 2 aromatic rings. The van der Waals surface area contributed by atoms with Gasteiger partial charge in [0.2, 0.25) is 11.8 Å². The maximum Gasteiger partial charge on any atom is 0.357 e. The predicted molar refractivity (Wildman–Crippen MR) is 155 cm³/mol. The van der Waals surface area contributed by atoms with Crippen molar-refractivity contribution in [3.8, 4) is 5.75 Å². The lowest BCUT2D eigenvalue weighted by molar-refractivity contribution is -0.384. The minimum Gasteiger partial charge on any atom is -0.476 e. The molecular formula is C28H33N3O8SSi. The van der Waals surface area contributed by atoms with Gasteiger partial charge in [-0.1, -0.05) is 44.7 Å². The minimum absolute atomic E-state index is 0.0154. The fourth-order valence-electron chi connectivity index (χ4n) is 4.88. The second-order valence-electron chi connectivity index (χ2n) is 11.7. The summed E-state index contributed by atoms with van der Waals surface area (Å²) in [5.74, 6) is -2.81. The molecule has 2 aromatic carbocycles. The Bertz CT molecular complexity index is 1440. The van der Waals surface area contributed by atoms with Crippen LogP contribution in [0.1, 0.15) is 43.6 Å². The Balaban J connectivity index is 1.74. The number of carboxylic acids is 1. The SMILES string of the molecule is C[C@@H](O[Si](C)(C)C(C)(C)C)[C@H]1C(=O)N2C(C(=O)O)=C(Oc3ccc(C(N)=O)cc3)S[C@]12Cc1ccc([N+](=O)[O-])cc1. The summed E-state index contributed by atoms with van der Waals surface area (Å²) in [6.45, 7) is 12.3. The number of β-lactam (4-membered cyclic amide) rings is 1. The third-order valence-electron chi connectivity index (χ3n) is 7.95. The summed E-state index contributed by atoms with van der Waals surface area (Å²) >= 11 is 1.12. The van der Waals surface area contributed by atoms with Crippen LogP contribution in [0.5, 0.6) is 5.75 Å². The molecule has 0 aliphatic carbocycles. The molecule has 1 fully saturated rings. The molecule has 13 heteroatoms. The topological polar surface area (TPSA) is 162 Å². The fraction of sp³-hybridized carbons (Fsp3) is 0.393. The number of carboxylic acid groups (broad SMARTS) is 1. The molecule has 0 spiro atoms. The maximum atomic E-state index is 13.7. The molecule has 0 aromatic heterocycles. The molecule has 0 radical (unpaired) electrons. The van der Waals surface area contributed by atoms with Crippen LogP contribution < -0.4 is 10.5 Å². The Labute approximate surface area is 243 Å². The lowest BCUT2D eigenvalue weighted by Crippen LogP contribution is -2.71. The molecule has 4 rings (SSSR count). The van der Waals surface area contributed by atoms with Crippen molar-refractivity contribution in [3.63, 3.8) is 0 Å². The summed E-state index contributed by atoms with van der Waals surface area (Å²) in [5, 5.41) is 21.3. The maximum absolute atomic E-state index is 13.7. The van der Waals surface area contributed by atoms with E-state index in [-0.39, 0.29) is 39.2 Å². The molecule has 2 aliphatic rings. The third kappa shape index (κ3) is 5.48. The Kier molecular flexibility index (Phi) is 7.84. The molecule has 0 unspecified atom stereocenters. The monoisotopic (exact) mass is 599 g/mol. The lowest BCUT2D eigenvalue weighted by atomic mass is 9.78. The number of nitrogens with zero attached hydrogens (tertiary/aromatic N) is 2. The summed E-state index contributed by atoms with van der Waals surface area (Å²) in [6, 6.07) is 11.9. The zero-order chi connectivity index (χ0) is 30.5. The number of nitrogens with two attached hydrogens (primary N) is 1. The summed E-state index contributed by atoms with van der Waals surface area (Å²) in [6.07, 6.45) is -0.351. The second kappa shape index (κ2) is 10.6. The van der Waals surface area contributed by atoms with Crippen LogP contribution in [0.25, 0.3) is 0 Å². The van der Waals surface area contributed by atoms with Gasteiger partial charge in [0.15, 0.2) is 19.1 Å². The number of hydrogen-bond acceptors (Lipinski definition) is 8. The van der Waals surface area contributed by atoms with Crippen LogP contribution in [0.2, 0.25) is 18.1 Å². The van der Waals surface area contributed by atoms with Gasteiger partial charge >= 0.3 is 5.97 Å². The normalized spacial score (nSPS) is 21.3. The molecule has 2 aliphatic heterocycles. The van der Waals surface area contributed by atoms with Gasteiger partial charge < -0.3 is 20.0 Å². The number of non-ortho nitro benzene ring substituents is 1. The van der Waals surface area contributed by atoms with Gasteiger partial charge in [0.1, 0.15) is 10.6 Å². The van der Waals surface area contributed by atoms with Gasteiger partial charge in [-0.2, -0.15) is 0 Å². The van der Waals surface area contributed by atoms with Crippen molar-refractivity contribution in [2.45, 2.75) is 63.2 Å². The molecule has 0 bridgehead atoms. The van der Waals surface area contributed by atoms with Gasteiger partial charge in [0, 0.05) is 24.1 Å². The number of primary amides is 1. The number of fused-ring (bicyclic) bond motifs is 1. The first-order valence-electron chi connectivity index (χ1n) is 13.0. The third-order valence-corrected chi connectivity index (χ3v) is 13.9. The number of amides is 2. The number of carbonyl (C=O) groups excluding carboxylic acids is 2. The average molecular weight is 600 g/mol. The van der Waals surface area contributed by atoms with Crippen LogP contribution in [0.15, 0.2) is 59.3 Å². The van der Waals surface area contributed by atoms with E-state index in [1.54, 1.807) is 12.1 Å². The highest BCUT2D eigenvalue weighted by Gasteiger charge is 2.69. The summed E-state index contributed by atoms with van der Waals surface area (Å²) in [4.78, 5) is 48.6. The van der Waals surface area contributed by atoms with Gasteiger partial charge in [0.25, 0.3) is 5.69 Å². The zero-order valence-electron chi connectivity index (χ0n) is 23.7. The number of thioether (sulfide) groups is 1. The van der Waals surface area contributed by atoms with E-state index in [1.165, 1.54) is 41.3 Å². The first-order chi connectivity index (χ1) is 19.0. The molecule has 2 heterocycles. The van der Waals surface area contributed by atoms with Crippen LogP contribution in [0.4, 0.5) is 5.69 Å². The Morgan fingerprint density at radius 3 is 2.24 bits per heavy atom. The van der Waals surface area contributed by atoms with Crippen LogP contribution >= 0.6 is 11.8 Å². The van der Waals surface area contributed by atoms with Crippen molar-refractivity contribution >= 4 is 43.6 Å². The van der Waals surface area contributed by atoms with Crippen molar-refractivity contribution in [3.05, 3.63) is 80.6 Å². The Morgan fingerprint density at radius 1 is 1.17 bits per heavy atom. The number of nitro benzene ring substituents is 1. The molecule has 11 nitrogen and oxygen atoms in total. The number of carbonyl (C=O) groups is 3. The highest BCUT2D eigenvalue weighted by atomic mass is 32.2. The average Bonchev–Trinajstić information content (AvgIpc) is 3.13. The van der Waals surface area contributed by atoms with E-state index in [1.807, 2.05) is 6.92 Å². The van der Waals surface area contributed by atoms with E-state index in [0.29, 0.717) is 5.56 Å². The largest absolute Gasteiger partial charge is 0.476 e. The van der Waals surface area contributed by atoms with Crippen molar-refractivity contribution < 1.29 is 33.6 Å². The van der Waals surface area contributed by atoms with Crippen LogP contribution in [0, 0.1) is 16.0 Å². The summed E-state index contributed by atoms with van der Waals surface area (Å²) in [7, 11) is -2.32. The highest BCUT2D eigenvalue weighted by molar-refractivity contribution is 8.04. The smallest absolute Gasteiger partial charge is 0.357 e. The van der Waals surface area contributed by atoms with Gasteiger partial charge in [-0.15, -0.1) is 0 Å². The number of ether oxygens (including phenoxy) is 1. The number of benzene rings is 2. The van der Waals surface area contributed by atoms with E-state index in [4.69, 9.17) is 14.9 Å². The molecule has 3 N–H and O–H groups in total. The summed E-state index contributed by atoms with van der Waals surface area (Å²) in [5.41, 5.74) is 5.89. The number of nitro groups is 1. The first-order valence-corrected chi connectivity index (χ1v) is 16.7. The fourth-order valence-corrected chi connectivity index (χ4v) is 7.96. The van der Waals surface area contributed by atoms with Crippen LogP contribution in [-0.2, 0) is 20.4 Å². The Morgan fingerprint density at radius 2 is 1.76 bits per heavy atom. The first kappa shape index (κ1) is 30.3. The lowest BCUT2D eigenvalue weighted by Gasteiger charge is -2.56. The molecule has 218 valence electrons. The zero-order valence-corrected chi connectivity index (χ0v) is 25.5. The van der Waals surface area contributed by atoms with Crippen LogP contribution in [-0.4, -0.2) is 52.0 Å². The predicted octanol–water partition coefficient (Wildman–Crippen LogP) is 4.88. The van der Waals surface area contributed by atoms with E-state index in [0.717, 1.165) is 11.8 Å². The second-order valence-corrected chi connectivity index (χ2v) is 17.8. The van der Waals surface area contributed by atoms with Crippen molar-refractivity contribution in [1.29, 1.82) is 0 Å². The van der Waals surface area contributed by atoms with Gasteiger partial charge in [-0.3, -0.25) is 24.6 Å². The highest BCUT2D eigenvalue weighted by Crippen LogP contribution is 2.61. The molecular weight excluding hydrogens is 566 g/mol. The number of aliphatic carboxylic acids is 1. The van der Waals surface area contributed by atoms with E-state index in [9.17, 15) is 29.6 Å². The van der Waals surface area contributed by atoms with E-state index in [2.05, 4.69) is 33.9 Å². The molecule has 0 saturated carbocycles. The molecule has 41 heavy (non-hydrogen) atoms. The summed E-state index contributed by atoms with van der Waals surface area (Å²) < 4.78 is 12.6. The van der Waals surface area contributed by atoms with Crippen molar-refractivity contribution in [2.75, 3.05) is 0 Å². The van der Waals surface area contributed by atoms with Gasteiger partial charge in [0.05, 0.1) is 16.9 Å². The quantitative estimate of drug-likeness (QED) is 0.168. The molecule has 1 saturated heterocycles. The van der Waals surface area contributed by atoms with Crippen molar-refractivity contribution in [2.24, 2.45) is 11.7 Å². The van der Waals surface area contributed by atoms with Crippen molar-refractivity contribution in [1.82, 2.24) is 4.90 Å².